The molecule has 2 amide bonds. The summed E-state index contributed by atoms with van der Waals surface area (Å²) in [4.78, 5) is 38.6. The maximum Gasteiger partial charge on any atom is 0.337 e. The van der Waals surface area contributed by atoms with E-state index in [2.05, 4.69) is 10.1 Å². The summed E-state index contributed by atoms with van der Waals surface area (Å²) in [5.41, 5.74) is 1.01. The van der Waals surface area contributed by atoms with Gasteiger partial charge >= 0.3 is 5.97 Å². The first-order chi connectivity index (χ1) is 11.3. The number of likely N-dealkylation sites (N-methyl/N-ethyl adjacent to an activating group) is 1. The number of methoxy groups -OCH3 is 1. The van der Waals surface area contributed by atoms with Crippen molar-refractivity contribution in [1.29, 1.82) is 0 Å². The van der Waals surface area contributed by atoms with Crippen molar-refractivity contribution in [2.75, 3.05) is 46.2 Å². The molecule has 0 fully saturated rings. The lowest BCUT2D eigenvalue weighted by atomic mass is 10.2. The first kappa shape index (κ1) is 19.6. The first-order valence-corrected chi connectivity index (χ1v) is 7.72. The summed E-state index contributed by atoms with van der Waals surface area (Å²) >= 11 is 0. The fourth-order valence-electron chi connectivity index (χ4n) is 2.01. The van der Waals surface area contributed by atoms with Gasteiger partial charge in [0.2, 0.25) is 11.8 Å². The van der Waals surface area contributed by atoms with E-state index >= 15 is 0 Å². The van der Waals surface area contributed by atoms with Crippen molar-refractivity contribution in [1.82, 2.24) is 9.80 Å². The Bertz CT molecular complexity index is 570. The van der Waals surface area contributed by atoms with Crippen molar-refractivity contribution in [3.63, 3.8) is 0 Å². The third kappa shape index (κ3) is 6.78. The number of hydrogen-bond donors (Lipinski definition) is 1. The Hall–Kier alpha value is -2.41. The van der Waals surface area contributed by atoms with E-state index in [1.165, 1.54) is 14.0 Å². The van der Waals surface area contributed by atoms with Crippen molar-refractivity contribution < 1.29 is 19.1 Å². The van der Waals surface area contributed by atoms with Gasteiger partial charge in [0.15, 0.2) is 0 Å². The number of ether oxygens (including phenoxy) is 1. The van der Waals surface area contributed by atoms with Gasteiger partial charge in [-0.15, -0.1) is 0 Å². The molecule has 0 aliphatic rings. The minimum atomic E-state index is -0.425. The fourth-order valence-corrected chi connectivity index (χ4v) is 2.01. The molecule has 0 spiro atoms. The van der Waals surface area contributed by atoms with E-state index in [0.717, 1.165) is 6.54 Å². The van der Waals surface area contributed by atoms with Crippen LogP contribution in [0.15, 0.2) is 24.3 Å². The second-order valence-electron chi connectivity index (χ2n) is 5.68. The Morgan fingerprint density at radius 3 is 2.17 bits per heavy atom. The van der Waals surface area contributed by atoms with Crippen LogP contribution < -0.4 is 5.32 Å². The third-order valence-electron chi connectivity index (χ3n) is 3.46. The van der Waals surface area contributed by atoms with Gasteiger partial charge < -0.3 is 19.9 Å². The molecular formula is C17H25N3O4. The van der Waals surface area contributed by atoms with Crippen molar-refractivity contribution in [2.45, 2.75) is 13.3 Å². The Balaban J connectivity index is 2.49. The number of esters is 1. The van der Waals surface area contributed by atoms with Gasteiger partial charge in [-0.3, -0.25) is 9.59 Å². The zero-order chi connectivity index (χ0) is 18.1. The van der Waals surface area contributed by atoms with E-state index in [1.54, 1.807) is 29.2 Å². The van der Waals surface area contributed by atoms with E-state index in [4.69, 9.17) is 0 Å². The van der Waals surface area contributed by atoms with Crippen LogP contribution in [0.3, 0.4) is 0 Å². The zero-order valence-electron chi connectivity index (χ0n) is 14.7. The lowest BCUT2D eigenvalue weighted by molar-refractivity contribution is -0.129. The third-order valence-corrected chi connectivity index (χ3v) is 3.46. The summed E-state index contributed by atoms with van der Waals surface area (Å²) in [5.74, 6) is -0.658. The number of rotatable bonds is 8. The standard InChI is InChI=1S/C17H25N3O4/c1-13(21)20(12-11-19(2)3)10-9-16(22)18-15-7-5-14(6-8-15)17(23)24-4/h5-8H,9-12H2,1-4H3,(H,18,22). The summed E-state index contributed by atoms with van der Waals surface area (Å²) in [6.45, 7) is 3.20. The zero-order valence-corrected chi connectivity index (χ0v) is 14.7. The number of anilines is 1. The lowest BCUT2D eigenvalue weighted by Gasteiger charge is -2.22. The molecule has 7 nitrogen and oxygen atoms in total. The summed E-state index contributed by atoms with van der Waals surface area (Å²) in [7, 11) is 5.18. The van der Waals surface area contributed by atoms with Crippen LogP contribution >= 0.6 is 0 Å². The predicted octanol–water partition coefficient (Wildman–Crippen LogP) is 1.21. The Morgan fingerprint density at radius 1 is 1.04 bits per heavy atom. The minimum absolute atomic E-state index is 0.0490. The maximum atomic E-state index is 12.0. The summed E-state index contributed by atoms with van der Waals surface area (Å²) < 4.78 is 4.62. The molecule has 0 aliphatic heterocycles. The van der Waals surface area contributed by atoms with Crippen LogP contribution in [0, 0.1) is 0 Å². The van der Waals surface area contributed by atoms with Crippen LogP contribution in [0.1, 0.15) is 23.7 Å². The smallest absolute Gasteiger partial charge is 0.337 e. The number of carbonyl (C=O) groups is 3. The van der Waals surface area contributed by atoms with E-state index in [-0.39, 0.29) is 18.2 Å². The Labute approximate surface area is 142 Å². The molecule has 0 bridgehead atoms. The van der Waals surface area contributed by atoms with Crippen LogP contribution in [0.4, 0.5) is 5.69 Å². The van der Waals surface area contributed by atoms with Crippen molar-refractivity contribution in [3.05, 3.63) is 29.8 Å². The molecule has 1 N–H and O–H groups in total. The molecule has 0 heterocycles. The highest BCUT2D eigenvalue weighted by Gasteiger charge is 2.12. The monoisotopic (exact) mass is 335 g/mol. The van der Waals surface area contributed by atoms with Crippen LogP contribution in [0.5, 0.6) is 0 Å². The molecule has 1 aromatic rings. The molecule has 0 aromatic heterocycles. The number of nitrogens with one attached hydrogen (secondary N) is 1. The number of benzene rings is 1. The van der Waals surface area contributed by atoms with Gasteiger partial charge in [0.1, 0.15) is 0 Å². The second-order valence-corrected chi connectivity index (χ2v) is 5.68. The average Bonchev–Trinajstić information content (AvgIpc) is 2.54. The van der Waals surface area contributed by atoms with Crippen LogP contribution in [0.25, 0.3) is 0 Å². The molecule has 24 heavy (non-hydrogen) atoms. The van der Waals surface area contributed by atoms with Crippen LogP contribution in [0.2, 0.25) is 0 Å². The van der Waals surface area contributed by atoms with Crippen molar-refractivity contribution >= 4 is 23.5 Å². The number of hydrogen-bond acceptors (Lipinski definition) is 5. The summed E-state index contributed by atoms with van der Waals surface area (Å²) in [5, 5.41) is 2.75. The topological polar surface area (TPSA) is 79.0 Å². The molecule has 132 valence electrons. The molecular weight excluding hydrogens is 310 g/mol. The molecule has 0 saturated heterocycles. The average molecular weight is 335 g/mol. The predicted molar refractivity (Wildman–Crippen MR) is 91.8 cm³/mol. The second kappa shape index (κ2) is 9.67. The summed E-state index contributed by atoms with van der Waals surface area (Å²) in [6.07, 6.45) is 0.214. The van der Waals surface area contributed by atoms with E-state index in [0.29, 0.717) is 24.3 Å². The number of amides is 2. The van der Waals surface area contributed by atoms with Gasteiger partial charge in [-0.1, -0.05) is 0 Å². The Kier molecular flexibility index (Phi) is 7.91. The largest absolute Gasteiger partial charge is 0.465 e. The quantitative estimate of drug-likeness (QED) is 0.723. The van der Waals surface area contributed by atoms with Crippen molar-refractivity contribution in [2.24, 2.45) is 0 Å². The summed E-state index contributed by atoms with van der Waals surface area (Å²) in [6, 6.07) is 6.44. The van der Waals surface area contributed by atoms with Gasteiger partial charge in [-0.2, -0.15) is 0 Å². The highest BCUT2D eigenvalue weighted by atomic mass is 16.5. The number of carbonyl (C=O) groups excluding carboxylic acids is 3. The SMILES string of the molecule is COC(=O)c1ccc(NC(=O)CCN(CCN(C)C)C(C)=O)cc1. The van der Waals surface area contributed by atoms with Crippen LogP contribution in [-0.4, -0.2) is 68.4 Å². The normalized spacial score (nSPS) is 10.4. The molecule has 7 heteroatoms. The van der Waals surface area contributed by atoms with E-state index in [9.17, 15) is 14.4 Å². The molecule has 1 aromatic carbocycles. The molecule has 0 radical (unpaired) electrons. The lowest BCUT2D eigenvalue weighted by Crippen LogP contribution is -2.37. The minimum Gasteiger partial charge on any atom is -0.465 e. The highest BCUT2D eigenvalue weighted by molar-refractivity contribution is 5.93. The molecule has 0 saturated carbocycles. The molecule has 1 rings (SSSR count). The van der Waals surface area contributed by atoms with Gasteiger partial charge in [-0.05, 0) is 38.4 Å². The Morgan fingerprint density at radius 2 is 1.67 bits per heavy atom. The molecule has 0 aliphatic carbocycles. The molecule has 0 unspecified atom stereocenters. The van der Waals surface area contributed by atoms with Gasteiger partial charge in [-0.25, -0.2) is 4.79 Å². The van der Waals surface area contributed by atoms with Crippen LogP contribution in [-0.2, 0) is 14.3 Å². The van der Waals surface area contributed by atoms with E-state index in [1.807, 2.05) is 19.0 Å². The fraction of sp³-hybridized carbons (Fsp3) is 0.471. The van der Waals surface area contributed by atoms with Gasteiger partial charge in [0.05, 0.1) is 12.7 Å². The van der Waals surface area contributed by atoms with Gasteiger partial charge in [0, 0.05) is 38.7 Å². The maximum absolute atomic E-state index is 12.0. The number of nitrogens with zero attached hydrogens (tertiary/aromatic N) is 2. The molecule has 0 atom stereocenters. The van der Waals surface area contributed by atoms with E-state index < -0.39 is 5.97 Å². The van der Waals surface area contributed by atoms with Crippen molar-refractivity contribution in [3.8, 4) is 0 Å². The highest BCUT2D eigenvalue weighted by Crippen LogP contribution is 2.11. The van der Waals surface area contributed by atoms with Gasteiger partial charge in [0.25, 0.3) is 0 Å². The first-order valence-electron chi connectivity index (χ1n) is 7.72.